The quantitative estimate of drug-likeness (QED) is 0.823. The molecule has 0 unspecified atom stereocenters. The third-order valence-electron chi connectivity index (χ3n) is 3.68. The summed E-state index contributed by atoms with van der Waals surface area (Å²) in [6.07, 6.45) is 4.03. The van der Waals surface area contributed by atoms with Crippen molar-refractivity contribution in [1.29, 1.82) is 0 Å². The molecule has 0 radical (unpaired) electrons. The van der Waals surface area contributed by atoms with Crippen LogP contribution in [0.2, 0.25) is 0 Å². The van der Waals surface area contributed by atoms with Gasteiger partial charge in [0.1, 0.15) is 0 Å². The number of nitrogens with zero attached hydrogens (tertiary/aromatic N) is 1. The maximum atomic E-state index is 3.50. The molecule has 1 aromatic carbocycles. The van der Waals surface area contributed by atoms with E-state index in [1.165, 1.54) is 52.4 Å². The molecule has 2 aromatic rings. The van der Waals surface area contributed by atoms with Gasteiger partial charge in [0, 0.05) is 35.9 Å². The van der Waals surface area contributed by atoms with Crippen LogP contribution in [-0.2, 0) is 6.54 Å². The standard InChI is InChI=1S/C16H19BrN2S/c17-16-9-8-15(20-16)12-18-13-4-6-14(7-5-13)19-10-2-1-3-11-19/h4-9,18H,1-3,10-12H2. The van der Waals surface area contributed by atoms with Crippen LogP contribution in [-0.4, -0.2) is 13.1 Å². The smallest absolute Gasteiger partial charge is 0.0702 e. The third kappa shape index (κ3) is 3.55. The number of hydrogen-bond donors (Lipinski definition) is 1. The first-order valence-corrected chi connectivity index (χ1v) is 8.75. The van der Waals surface area contributed by atoms with E-state index < -0.39 is 0 Å². The fourth-order valence-electron chi connectivity index (χ4n) is 2.58. The molecule has 0 bridgehead atoms. The van der Waals surface area contributed by atoms with Crippen LogP contribution in [0.1, 0.15) is 24.1 Å². The number of benzene rings is 1. The van der Waals surface area contributed by atoms with Crippen molar-refractivity contribution >= 4 is 38.6 Å². The molecule has 1 aliphatic rings. The van der Waals surface area contributed by atoms with Crippen LogP contribution in [0.25, 0.3) is 0 Å². The lowest BCUT2D eigenvalue weighted by atomic mass is 10.1. The molecule has 2 heterocycles. The highest BCUT2D eigenvalue weighted by Gasteiger charge is 2.10. The van der Waals surface area contributed by atoms with Crippen LogP contribution in [0, 0.1) is 0 Å². The Morgan fingerprint density at radius 2 is 1.75 bits per heavy atom. The van der Waals surface area contributed by atoms with Gasteiger partial charge in [-0.05, 0) is 71.6 Å². The Bertz CT molecular complexity index is 544. The fraction of sp³-hybridized carbons (Fsp3) is 0.375. The molecule has 0 saturated carbocycles. The van der Waals surface area contributed by atoms with E-state index in [1.807, 2.05) is 0 Å². The number of rotatable bonds is 4. The normalized spacial score (nSPS) is 15.3. The zero-order valence-electron chi connectivity index (χ0n) is 11.4. The van der Waals surface area contributed by atoms with Crippen LogP contribution in [0.15, 0.2) is 40.2 Å². The van der Waals surface area contributed by atoms with Crippen molar-refractivity contribution in [3.63, 3.8) is 0 Å². The highest BCUT2D eigenvalue weighted by Crippen LogP contribution is 2.24. The van der Waals surface area contributed by atoms with E-state index in [-0.39, 0.29) is 0 Å². The van der Waals surface area contributed by atoms with Gasteiger partial charge in [0.2, 0.25) is 0 Å². The molecule has 1 aliphatic heterocycles. The van der Waals surface area contributed by atoms with Gasteiger partial charge in [-0.2, -0.15) is 0 Å². The van der Waals surface area contributed by atoms with Crippen LogP contribution in [0.3, 0.4) is 0 Å². The predicted molar refractivity (Wildman–Crippen MR) is 91.9 cm³/mol. The van der Waals surface area contributed by atoms with Crippen molar-refractivity contribution in [2.45, 2.75) is 25.8 Å². The minimum Gasteiger partial charge on any atom is -0.380 e. The molecule has 1 N–H and O–H groups in total. The molecule has 1 aromatic heterocycles. The van der Waals surface area contributed by atoms with Gasteiger partial charge in [-0.25, -0.2) is 0 Å². The van der Waals surface area contributed by atoms with Crippen molar-refractivity contribution in [2.24, 2.45) is 0 Å². The summed E-state index contributed by atoms with van der Waals surface area (Å²) >= 11 is 5.28. The van der Waals surface area contributed by atoms with Gasteiger partial charge in [0.15, 0.2) is 0 Å². The Morgan fingerprint density at radius 3 is 2.40 bits per heavy atom. The molecule has 0 atom stereocenters. The Hall–Kier alpha value is -1.000. The summed E-state index contributed by atoms with van der Waals surface area (Å²) < 4.78 is 1.19. The lowest BCUT2D eigenvalue weighted by Gasteiger charge is -2.28. The first-order chi connectivity index (χ1) is 9.81. The zero-order chi connectivity index (χ0) is 13.8. The average molecular weight is 351 g/mol. The molecule has 2 nitrogen and oxygen atoms in total. The van der Waals surface area contributed by atoms with E-state index in [4.69, 9.17) is 0 Å². The predicted octanol–water partition coefficient (Wildman–Crippen LogP) is 5.11. The molecule has 20 heavy (non-hydrogen) atoms. The molecule has 0 aliphatic carbocycles. The largest absolute Gasteiger partial charge is 0.380 e. The summed E-state index contributed by atoms with van der Waals surface area (Å²) in [7, 11) is 0. The van der Waals surface area contributed by atoms with Crippen LogP contribution in [0.5, 0.6) is 0 Å². The molecule has 106 valence electrons. The second-order valence-electron chi connectivity index (χ2n) is 5.15. The van der Waals surface area contributed by atoms with Crippen molar-refractivity contribution in [3.05, 3.63) is 45.1 Å². The van der Waals surface area contributed by atoms with Crippen LogP contribution < -0.4 is 10.2 Å². The molecule has 3 rings (SSSR count). The van der Waals surface area contributed by atoms with E-state index in [1.54, 1.807) is 11.3 Å². The summed E-state index contributed by atoms with van der Waals surface area (Å²) in [4.78, 5) is 3.83. The number of piperidine rings is 1. The molecule has 0 spiro atoms. The van der Waals surface area contributed by atoms with Gasteiger partial charge >= 0.3 is 0 Å². The molecule has 4 heteroatoms. The summed E-state index contributed by atoms with van der Waals surface area (Å²) in [6.45, 7) is 3.30. The summed E-state index contributed by atoms with van der Waals surface area (Å²) in [5.74, 6) is 0. The van der Waals surface area contributed by atoms with Crippen LogP contribution >= 0.6 is 27.3 Å². The summed E-state index contributed by atoms with van der Waals surface area (Å²) in [5.41, 5.74) is 2.55. The number of thiophene rings is 1. The highest BCUT2D eigenvalue weighted by atomic mass is 79.9. The second-order valence-corrected chi connectivity index (χ2v) is 7.70. The third-order valence-corrected chi connectivity index (χ3v) is 5.31. The summed E-state index contributed by atoms with van der Waals surface area (Å²) in [6, 6.07) is 13.1. The Kier molecular flexibility index (Phi) is 4.63. The molecular formula is C16H19BrN2S. The van der Waals surface area contributed by atoms with Crippen molar-refractivity contribution in [1.82, 2.24) is 0 Å². The minimum atomic E-state index is 0.888. The van der Waals surface area contributed by atoms with Gasteiger partial charge in [-0.3, -0.25) is 0 Å². The SMILES string of the molecule is Brc1ccc(CNc2ccc(N3CCCCC3)cc2)s1. The lowest BCUT2D eigenvalue weighted by Crippen LogP contribution is -2.29. The number of anilines is 2. The minimum absolute atomic E-state index is 0.888. The first-order valence-electron chi connectivity index (χ1n) is 7.14. The molecule has 1 saturated heterocycles. The van der Waals surface area contributed by atoms with Gasteiger partial charge < -0.3 is 10.2 Å². The summed E-state index contributed by atoms with van der Waals surface area (Å²) in [5, 5.41) is 3.48. The maximum absolute atomic E-state index is 3.50. The Labute approximate surface area is 132 Å². The fourth-order valence-corrected chi connectivity index (χ4v) is 4.00. The topological polar surface area (TPSA) is 15.3 Å². The number of hydrogen-bond acceptors (Lipinski definition) is 3. The van der Waals surface area contributed by atoms with Crippen LogP contribution in [0.4, 0.5) is 11.4 Å². The number of halogens is 1. The maximum Gasteiger partial charge on any atom is 0.0702 e. The Morgan fingerprint density at radius 1 is 1.00 bits per heavy atom. The Balaban J connectivity index is 1.58. The monoisotopic (exact) mass is 350 g/mol. The second kappa shape index (κ2) is 6.64. The van der Waals surface area contributed by atoms with Gasteiger partial charge in [-0.1, -0.05) is 0 Å². The van der Waals surface area contributed by atoms with E-state index in [9.17, 15) is 0 Å². The first kappa shape index (κ1) is 14.0. The van der Waals surface area contributed by atoms with Gasteiger partial charge in [-0.15, -0.1) is 11.3 Å². The van der Waals surface area contributed by atoms with Gasteiger partial charge in [0.25, 0.3) is 0 Å². The lowest BCUT2D eigenvalue weighted by molar-refractivity contribution is 0.578. The van der Waals surface area contributed by atoms with E-state index >= 15 is 0 Å². The molecule has 1 fully saturated rings. The highest BCUT2D eigenvalue weighted by molar-refractivity contribution is 9.11. The van der Waals surface area contributed by atoms with E-state index in [0.29, 0.717) is 0 Å². The van der Waals surface area contributed by atoms with Gasteiger partial charge in [0.05, 0.1) is 3.79 Å². The van der Waals surface area contributed by atoms with Crippen molar-refractivity contribution in [2.75, 3.05) is 23.3 Å². The number of nitrogens with one attached hydrogen (secondary N) is 1. The zero-order valence-corrected chi connectivity index (χ0v) is 13.8. The van der Waals surface area contributed by atoms with Crippen molar-refractivity contribution < 1.29 is 0 Å². The van der Waals surface area contributed by atoms with E-state index in [2.05, 4.69) is 62.5 Å². The van der Waals surface area contributed by atoms with E-state index in [0.717, 1.165) is 6.54 Å². The molecular weight excluding hydrogens is 332 g/mol. The molecule has 0 amide bonds. The average Bonchev–Trinajstić information content (AvgIpc) is 2.92. The van der Waals surface area contributed by atoms with Crippen molar-refractivity contribution in [3.8, 4) is 0 Å².